The van der Waals surface area contributed by atoms with E-state index < -0.39 is 0 Å². The fraction of sp³-hybridized carbons (Fsp3) is 1.00. The summed E-state index contributed by atoms with van der Waals surface area (Å²) in [7, 11) is 2.07. The van der Waals surface area contributed by atoms with Gasteiger partial charge in [0, 0.05) is 0 Å². The molecule has 0 aliphatic rings. The van der Waals surface area contributed by atoms with Crippen LogP contribution in [0.5, 0.6) is 0 Å². The lowest BCUT2D eigenvalue weighted by Crippen LogP contribution is -2.30. The van der Waals surface area contributed by atoms with E-state index in [-0.39, 0.29) is 0 Å². The highest BCUT2D eigenvalue weighted by Crippen LogP contribution is 2.29. The third kappa shape index (κ3) is 8.15. The van der Waals surface area contributed by atoms with Gasteiger partial charge in [-0.1, -0.05) is 66.2 Å². The van der Waals surface area contributed by atoms with E-state index in [9.17, 15) is 0 Å². The molecule has 0 aromatic carbocycles. The van der Waals surface area contributed by atoms with Gasteiger partial charge < -0.3 is 5.32 Å². The van der Waals surface area contributed by atoms with Crippen LogP contribution in [0.4, 0.5) is 0 Å². The number of unbranched alkanes of at least 4 members (excludes halogenated alkanes) is 5. The Morgan fingerprint density at radius 3 is 2.00 bits per heavy atom. The van der Waals surface area contributed by atoms with Gasteiger partial charge in [-0.15, -0.1) is 0 Å². The Hall–Kier alpha value is -0.0400. The van der Waals surface area contributed by atoms with Gasteiger partial charge in [-0.3, -0.25) is 0 Å². The fourth-order valence-electron chi connectivity index (χ4n) is 2.26. The fourth-order valence-corrected chi connectivity index (χ4v) is 2.26. The number of hydrogen-bond donors (Lipinski definition) is 1. The summed E-state index contributed by atoms with van der Waals surface area (Å²) in [5.41, 5.74) is 0.451. The van der Waals surface area contributed by atoms with Crippen LogP contribution in [-0.4, -0.2) is 13.6 Å². The van der Waals surface area contributed by atoms with Crippen molar-refractivity contribution in [2.24, 2.45) is 11.3 Å². The minimum atomic E-state index is 0.451. The molecule has 0 saturated heterocycles. The minimum Gasteiger partial charge on any atom is -0.319 e. The van der Waals surface area contributed by atoms with Crippen molar-refractivity contribution in [3.63, 3.8) is 0 Å². The Bertz CT molecular complexity index is 146. The molecule has 0 aliphatic carbocycles. The van der Waals surface area contributed by atoms with Crippen molar-refractivity contribution in [3.05, 3.63) is 0 Å². The lowest BCUT2D eigenvalue weighted by atomic mass is 9.77. The largest absolute Gasteiger partial charge is 0.319 e. The molecule has 0 rings (SSSR count). The van der Waals surface area contributed by atoms with Gasteiger partial charge in [0.1, 0.15) is 0 Å². The van der Waals surface area contributed by atoms with Gasteiger partial charge in [0.25, 0.3) is 0 Å². The van der Waals surface area contributed by atoms with Crippen molar-refractivity contribution in [2.45, 2.75) is 72.6 Å². The van der Waals surface area contributed by atoms with Gasteiger partial charge in [0.15, 0.2) is 0 Å². The first-order chi connectivity index (χ1) is 7.52. The van der Waals surface area contributed by atoms with E-state index in [4.69, 9.17) is 0 Å². The zero-order valence-corrected chi connectivity index (χ0v) is 12.2. The molecule has 0 spiro atoms. The first-order valence-corrected chi connectivity index (χ1v) is 7.17. The molecule has 1 nitrogen and oxygen atoms in total. The van der Waals surface area contributed by atoms with E-state index in [1.165, 1.54) is 51.5 Å². The highest BCUT2D eigenvalue weighted by atomic mass is 14.8. The van der Waals surface area contributed by atoms with Crippen LogP contribution in [-0.2, 0) is 0 Å². The average Bonchev–Trinajstić information content (AvgIpc) is 2.20. The van der Waals surface area contributed by atoms with Crippen LogP contribution in [0.3, 0.4) is 0 Å². The lowest BCUT2D eigenvalue weighted by Gasteiger charge is -2.30. The topological polar surface area (TPSA) is 12.0 Å². The third-order valence-corrected chi connectivity index (χ3v) is 3.58. The number of hydrogen-bond acceptors (Lipinski definition) is 1. The second-order valence-electron chi connectivity index (χ2n) is 6.18. The van der Waals surface area contributed by atoms with E-state index in [0.717, 1.165) is 5.92 Å². The Kier molecular flexibility index (Phi) is 9.02. The molecular formula is C15H33N. The third-order valence-electron chi connectivity index (χ3n) is 3.58. The van der Waals surface area contributed by atoms with Crippen molar-refractivity contribution < 1.29 is 0 Å². The number of nitrogens with one attached hydrogen (secondary N) is 1. The molecule has 0 radical (unpaired) electrons. The standard InChI is InChI=1S/C15H33N/c1-6-7-8-9-10-11-12-14(13-16-5)15(2,3)4/h14,16H,6-13H2,1-5H3. The summed E-state index contributed by atoms with van der Waals surface area (Å²) in [6.45, 7) is 10.5. The second kappa shape index (κ2) is 9.04. The molecule has 16 heavy (non-hydrogen) atoms. The van der Waals surface area contributed by atoms with Gasteiger partial charge in [-0.25, -0.2) is 0 Å². The summed E-state index contributed by atoms with van der Waals surface area (Å²) >= 11 is 0. The van der Waals surface area contributed by atoms with Gasteiger partial charge in [-0.05, 0) is 31.3 Å². The first kappa shape index (κ1) is 16.0. The molecule has 0 aromatic heterocycles. The van der Waals surface area contributed by atoms with Crippen LogP contribution >= 0.6 is 0 Å². The molecule has 1 atom stereocenters. The SMILES string of the molecule is CCCCCCCCC(CNC)C(C)(C)C. The lowest BCUT2D eigenvalue weighted by molar-refractivity contribution is 0.216. The monoisotopic (exact) mass is 227 g/mol. The molecular weight excluding hydrogens is 194 g/mol. The van der Waals surface area contributed by atoms with Gasteiger partial charge in [-0.2, -0.15) is 0 Å². The van der Waals surface area contributed by atoms with Crippen LogP contribution in [0.15, 0.2) is 0 Å². The summed E-state index contributed by atoms with van der Waals surface area (Å²) in [4.78, 5) is 0. The van der Waals surface area contributed by atoms with Crippen LogP contribution in [0.2, 0.25) is 0 Å². The molecule has 0 aliphatic heterocycles. The second-order valence-corrected chi connectivity index (χ2v) is 6.18. The highest BCUT2D eigenvalue weighted by Gasteiger charge is 2.22. The minimum absolute atomic E-state index is 0.451. The predicted octanol–water partition coefficient (Wildman–Crippen LogP) is 4.62. The van der Waals surface area contributed by atoms with Crippen molar-refractivity contribution in [1.29, 1.82) is 0 Å². The van der Waals surface area contributed by atoms with Crippen molar-refractivity contribution >= 4 is 0 Å². The molecule has 1 heteroatoms. The summed E-state index contributed by atoms with van der Waals surface area (Å²) in [6.07, 6.45) is 9.86. The van der Waals surface area contributed by atoms with Crippen LogP contribution in [0, 0.1) is 11.3 Å². The zero-order chi connectivity index (χ0) is 12.4. The van der Waals surface area contributed by atoms with E-state index in [1.54, 1.807) is 0 Å². The quantitative estimate of drug-likeness (QED) is 0.567. The van der Waals surface area contributed by atoms with Gasteiger partial charge in [0.2, 0.25) is 0 Å². The maximum atomic E-state index is 3.34. The summed E-state index contributed by atoms with van der Waals surface area (Å²) in [6, 6.07) is 0. The maximum Gasteiger partial charge on any atom is -0.00185 e. The Labute approximate surface area is 103 Å². The van der Waals surface area contributed by atoms with E-state index in [1.807, 2.05) is 0 Å². The molecule has 1 N–H and O–H groups in total. The molecule has 98 valence electrons. The summed E-state index contributed by atoms with van der Waals surface area (Å²) in [5, 5.41) is 3.34. The van der Waals surface area contributed by atoms with Gasteiger partial charge in [0.05, 0.1) is 0 Å². The maximum absolute atomic E-state index is 3.34. The number of rotatable bonds is 9. The normalized spacial score (nSPS) is 14.1. The van der Waals surface area contributed by atoms with E-state index >= 15 is 0 Å². The highest BCUT2D eigenvalue weighted by molar-refractivity contribution is 4.75. The predicted molar refractivity (Wildman–Crippen MR) is 74.9 cm³/mol. The molecule has 0 fully saturated rings. The van der Waals surface area contributed by atoms with Crippen LogP contribution < -0.4 is 5.32 Å². The molecule has 0 saturated carbocycles. The van der Waals surface area contributed by atoms with Crippen molar-refractivity contribution in [1.82, 2.24) is 5.32 Å². The summed E-state index contributed by atoms with van der Waals surface area (Å²) in [5.74, 6) is 0.823. The van der Waals surface area contributed by atoms with Crippen LogP contribution in [0.25, 0.3) is 0 Å². The average molecular weight is 227 g/mol. The van der Waals surface area contributed by atoms with Crippen molar-refractivity contribution in [2.75, 3.05) is 13.6 Å². The first-order valence-electron chi connectivity index (χ1n) is 7.17. The zero-order valence-electron chi connectivity index (χ0n) is 12.2. The molecule has 0 amide bonds. The molecule has 0 heterocycles. The molecule has 1 unspecified atom stereocenters. The molecule has 0 bridgehead atoms. The Morgan fingerprint density at radius 2 is 1.50 bits per heavy atom. The summed E-state index contributed by atoms with van der Waals surface area (Å²) < 4.78 is 0. The molecule has 0 aromatic rings. The van der Waals surface area contributed by atoms with Crippen LogP contribution in [0.1, 0.15) is 72.6 Å². The smallest absolute Gasteiger partial charge is 0.00185 e. The Balaban J connectivity index is 3.61. The van der Waals surface area contributed by atoms with E-state index in [0.29, 0.717) is 5.41 Å². The van der Waals surface area contributed by atoms with Gasteiger partial charge >= 0.3 is 0 Å². The van der Waals surface area contributed by atoms with E-state index in [2.05, 4.69) is 40.1 Å². The Morgan fingerprint density at radius 1 is 0.938 bits per heavy atom. The van der Waals surface area contributed by atoms with Crippen molar-refractivity contribution in [3.8, 4) is 0 Å².